The third kappa shape index (κ3) is 2.85. The summed E-state index contributed by atoms with van der Waals surface area (Å²) < 4.78 is 11.9. The summed E-state index contributed by atoms with van der Waals surface area (Å²) in [5.74, 6) is -0.511. The summed E-state index contributed by atoms with van der Waals surface area (Å²) in [7, 11) is 0. The Bertz CT molecular complexity index is 437. The number of rotatable bonds is 3. The van der Waals surface area contributed by atoms with Crippen molar-refractivity contribution in [2.45, 2.75) is 58.7 Å². The van der Waals surface area contributed by atoms with Gasteiger partial charge in [0, 0.05) is 12.0 Å². The lowest BCUT2D eigenvalue weighted by Crippen LogP contribution is -2.28. The van der Waals surface area contributed by atoms with E-state index in [9.17, 15) is 0 Å². The smallest absolute Gasteiger partial charge is 0.194 e. The molecule has 0 N–H and O–H groups in total. The van der Waals surface area contributed by atoms with Gasteiger partial charge in [0.1, 0.15) is 0 Å². The first-order valence-corrected chi connectivity index (χ1v) is 7.28. The molecule has 1 aromatic carbocycles. The number of ether oxygens (including phenoxy) is 2. The molecule has 1 saturated heterocycles. The van der Waals surface area contributed by atoms with E-state index in [0.717, 1.165) is 12.8 Å². The van der Waals surface area contributed by atoms with Gasteiger partial charge in [0.05, 0.1) is 13.2 Å². The molecule has 1 aliphatic rings. The fourth-order valence-electron chi connectivity index (χ4n) is 2.91. The summed E-state index contributed by atoms with van der Waals surface area (Å²) >= 11 is 0. The third-order valence-electron chi connectivity index (χ3n) is 3.82. The van der Waals surface area contributed by atoms with E-state index in [1.165, 1.54) is 16.7 Å². The van der Waals surface area contributed by atoms with Crippen LogP contribution in [0.25, 0.3) is 0 Å². The van der Waals surface area contributed by atoms with Crippen molar-refractivity contribution in [3.8, 4) is 0 Å². The zero-order valence-electron chi connectivity index (χ0n) is 12.9. The molecule has 19 heavy (non-hydrogen) atoms. The summed E-state index contributed by atoms with van der Waals surface area (Å²) in [6.45, 7) is 12.5. The predicted molar refractivity (Wildman–Crippen MR) is 78.4 cm³/mol. The fourth-order valence-corrected chi connectivity index (χ4v) is 2.91. The summed E-state index contributed by atoms with van der Waals surface area (Å²) in [6, 6.07) is 6.63. The van der Waals surface area contributed by atoms with Crippen LogP contribution in [0.5, 0.6) is 0 Å². The molecular formula is C17H26O2. The van der Waals surface area contributed by atoms with E-state index in [2.05, 4.69) is 52.8 Å². The van der Waals surface area contributed by atoms with E-state index in [4.69, 9.17) is 9.47 Å². The molecule has 0 atom stereocenters. The number of benzene rings is 1. The van der Waals surface area contributed by atoms with Crippen molar-refractivity contribution < 1.29 is 9.47 Å². The van der Waals surface area contributed by atoms with Gasteiger partial charge in [0.25, 0.3) is 0 Å². The van der Waals surface area contributed by atoms with Crippen molar-refractivity contribution in [1.82, 2.24) is 0 Å². The Morgan fingerprint density at radius 1 is 1.16 bits per heavy atom. The van der Waals surface area contributed by atoms with Gasteiger partial charge in [-0.25, -0.2) is 0 Å². The van der Waals surface area contributed by atoms with Gasteiger partial charge < -0.3 is 9.47 Å². The highest BCUT2D eigenvalue weighted by atomic mass is 16.7. The minimum Gasteiger partial charge on any atom is -0.343 e. The van der Waals surface area contributed by atoms with Crippen LogP contribution in [0.3, 0.4) is 0 Å². The average molecular weight is 262 g/mol. The minimum atomic E-state index is -0.511. The summed E-state index contributed by atoms with van der Waals surface area (Å²) in [6.07, 6.45) is 1.97. The van der Waals surface area contributed by atoms with E-state index >= 15 is 0 Å². The van der Waals surface area contributed by atoms with Crippen LogP contribution in [-0.2, 0) is 20.7 Å². The predicted octanol–water partition coefficient (Wildman–Crippen LogP) is 4.29. The quantitative estimate of drug-likeness (QED) is 0.809. The van der Waals surface area contributed by atoms with Gasteiger partial charge in [0.15, 0.2) is 5.79 Å². The first-order chi connectivity index (χ1) is 8.89. The molecule has 0 aromatic heterocycles. The lowest BCUT2D eigenvalue weighted by Gasteiger charge is -2.30. The molecule has 2 rings (SSSR count). The van der Waals surface area contributed by atoms with E-state index in [1.54, 1.807) is 0 Å². The average Bonchev–Trinajstić information content (AvgIpc) is 2.78. The Balaban J connectivity index is 2.44. The molecule has 1 aliphatic heterocycles. The SMILES string of the molecule is CCCC1(c2ccc(C)c(C(C)(C)C)c2)OCCO1. The highest BCUT2D eigenvalue weighted by molar-refractivity contribution is 5.37. The van der Waals surface area contributed by atoms with E-state index in [1.807, 2.05) is 0 Å². The molecule has 0 spiro atoms. The zero-order valence-corrected chi connectivity index (χ0v) is 12.9. The Morgan fingerprint density at radius 3 is 2.32 bits per heavy atom. The van der Waals surface area contributed by atoms with Crippen molar-refractivity contribution in [3.05, 3.63) is 34.9 Å². The second kappa shape index (κ2) is 5.26. The molecule has 0 aliphatic carbocycles. The standard InChI is InChI=1S/C17H26O2/c1-6-9-17(18-10-11-19-17)14-8-7-13(2)15(12-14)16(3,4)5/h7-8,12H,6,9-11H2,1-5H3. The van der Waals surface area contributed by atoms with Gasteiger partial charge in [0.2, 0.25) is 0 Å². The molecule has 0 amide bonds. The van der Waals surface area contributed by atoms with Crippen LogP contribution in [0.4, 0.5) is 0 Å². The molecule has 2 nitrogen and oxygen atoms in total. The number of aryl methyl sites for hydroxylation is 1. The van der Waals surface area contributed by atoms with E-state index in [0.29, 0.717) is 13.2 Å². The van der Waals surface area contributed by atoms with Crippen LogP contribution in [0.1, 0.15) is 57.2 Å². The van der Waals surface area contributed by atoms with Crippen LogP contribution in [-0.4, -0.2) is 13.2 Å². The van der Waals surface area contributed by atoms with Crippen molar-refractivity contribution in [2.75, 3.05) is 13.2 Å². The van der Waals surface area contributed by atoms with Crippen molar-refractivity contribution in [2.24, 2.45) is 0 Å². The van der Waals surface area contributed by atoms with Crippen molar-refractivity contribution in [3.63, 3.8) is 0 Å². The molecule has 0 radical (unpaired) electrons. The Kier molecular flexibility index (Phi) is 4.03. The third-order valence-corrected chi connectivity index (χ3v) is 3.82. The molecule has 1 aromatic rings. The molecule has 1 heterocycles. The van der Waals surface area contributed by atoms with E-state index in [-0.39, 0.29) is 5.41 Å². The molecule has 0 unspecified atom stereocenters. The number of hydrogen-bond acceptors (Lipinski definition) is 2. The highest BCUT2D eigenvalue weighted by Gasteiger charge is 2.38. The molecular weight excluding hydrogens is 236 g/mol. The molecule has 2 heteroatoms. The topological polar surface area (TPSA) is 18.5 Å². The molecule has 106 valence electrons. The van der Waals surface area contributed by atoms with Crippen molar-refractivity contribution in [1.29, 1.82) is 0 Å². The second-order valence-corrected chi connectivity index (χ2v) is 6.48. The minimum absolute atomic E-state index is 0.145. The first-order valence-electron chi connectivity index (χ1n) is 7.28. The maximum atomic E-state index is 5.95. The first kappa shape index (κ1) is 14.5. The highest BCUT2D eigenvalue weighted by Crippen LogP contribution is 2.38. The summed E-state index contributed by atoms with van der Waals surface area (Å²) in [5, 5.41) is 0. The summed E-state index contributed by atoms with van der Waals surface area (Å²) in [4.78, 5) is 0. The van der Waals surface area contributed by atoms with Crippen LogP contribution in [0, 0.1) is 6.92 Å². The summed E-state index contributed by atoms with van der Waals surface area (Å²) in [5.41, 5.74) is 4.02. The lowest BCUT2D eigenvalue weighted by molar-refractivity contribution is -0.171. The maximum absolute atomic E-state index is 5.95. The Hall–Kier alpha value is -0.860. The lowest BCUT2D eigenvalue weighted by atomic mass is 9.82. The number of hydrogen-bond donors (Lipinski definition) is 0. The van der Waals surface area contributed by atoms with Gasteiger partial charge in [-0.1, -0.05) is 46.2 Å². The van der Waals surface area contributed by atoms with Gasteiger partial charge in [-0.2, -0.15) is 0 Å². The second-order valence-electron chi connectivity index (χ2n) is 6.48. The Morgan fingerprint density at radius 2 is 1.79 bits per heavy atom. The normalized spacial score (nSPS) is 18.8. The van der Waals surface area contributed by atoms with Crippen LogP contribution < -0.4 is 0 Å². The van der Waals surface area contributed by atoms with Gasteiger partial charge in [-0.3, -0.25) is 0 Å². The van der Waals surface area contributed by atoms with E-state index < -0.39 is 5.79 Å². The maximum Gasteiger partial charge on any atom is 0.194 e. The van der Waals surface area contributed by atoms with Crippen LogP contribution in [0.2, 0.25) is 0 Å². The Labute approximate surface area is 117 Å². The zero-order chi connectivity index (χ0) is 14.1. The van der Waals surface area contributed by atoms with Gasteiger partial charge >= 0.3 is 0 Å². The van der Waals surface area contributed by atoms with Crippen molar-refractivity contribution >= 4 is 0 Å². The molecule has 1 fully saturated rings. The van der Waals surface area contributed by atoms with Gasteiger partial charge in [-0.05, 0) is 29.5 Å². The molecule has 0 saturated carbocycles. The molecule has 0 bridgehead atoms. The van der Waals surface area contributed by atoms with Crippen LogP contribution >= 0.6 is 0 Å². The van der Waals surface area contributed by atoms with Crippen LogP contribution in [0.15, 0.2) is 18.2 Å². The fraction of sp³-hybridized carbons (Fsp3) is 0.647. The monoisotopic (exact) mass is 262 g/mol. The van der Waals surface area contributed by atoms with Gasteiger partial charge in [-0.15, -0.1) is 0 Å². The largest absolute Gasteiger partial charge is 0.343 e.